The SMILES string of the molecule is CCCCCCCCCCCCCCCCOC1CC(COC(=O)N(Cc2cccc[n+]2CC)C(C)=O)CO1. The molecule has 2 atom stereocenters. The fourth-order valence-electron chi connectivity index (χ4n) is 5.09. The van der Waals surface area contributed by atoms with Crippen LogP contribution in [0.3, 0.4) is 0 Å². The molecule has 0 saturated carbocycles. The van der Waals surface area contributed by atoms with Gasteiger partial charge in [0.2, 0.25) is 11.6 Å². The molecule has 1 aliphatic heterocycles. The Morgan fingerprint density at radius 3 is 2.13 bits per heavy atom. The minimum Gasteiger partial charge on any atom is -0.449 e. The topological polar surface area (TPSA) is 69.0 Å². The van der Waals surface area contributed by atoms with Gasteiger partial charge in [0.05, 0.1) is 13.2 Å². The van der Waals surface area contributed by atoms with Gasteiger partial charge in [0.25, 0.3) is 0 Å². The van der Waals surface area contributed by atoms with Gasteiger partial charge in [0.1, 0.15) is 13.1 Å². The molecule has 222 valence electrons. The average molecular weight is 548 g/mol. The summed E-state index contributed by atoms with van der Waals surface area (Å²) in [4.78, 5) is 25.9. The second kappa shape index (κ2) is 20.8. The molecule has 0 spiro atoms. The molecule has 2 unspecified atom stereocenters. The minimum atomic E-state index is -0.610. The molecule has 2 heterocycles. The van der Waals surface area contributed by atoms with Gasteiger partial charge in [-0.05, 0) is 13.3 Å². The highest BCUT2D eigenvalue weighted by Gasteiger charge is 2.29. The first-order valence-electron chi connectivity index (χ1n) is 15.7. The number of carbonyl (C=O) groups excluding carboxylic acids is 2. The van der Waals surface area contributed by atoms with Crippen molar-refractivity contribution in [2.75, 3.05) is 19.8 Å². The minimum absolute atomic E-state index is 0.0846. The van der Waals surface area contributed by atoms with Gasteiger partial charge < -0.3 is 14.2 Å². The Labute approximate surface area is 237 Å². The normalized spacial score (nSPS) is 16.9. The maximum atomic E-state index is 12.7. The maximum absolute atomic E-state index is 12.7. The van der Waals surface area contributed by atoms with Gasteiger partial charge >= 0.3 is 6.09 Å². The molecule has 0 aliphatic carbocycles. The van der Waals surface area contributed by atoms with Crippen LogP contribution in [0.25, 0.3) is 0 Å². The molecule has 1 aromatic rings. The molecular weight excluding hydrogens is 492 g/mol. The molecule has 2 amide bonds. The summed E-state index contributed by atoms with van der Waals surface area (Å²) in [5, 5.41) is 0. The van der Waals surface area contributed by atoms with Crippen molar-refractivity contribution in [3.8, 4) is 0 Å². The van der Waals surface area contributed by atoms with E-state index in [2.05, 4.69) is 6.92 Å². The van der Waals surface area contributed by atoms with Gasteiger partial charge in [-0.2, -0.15) is 0 Å². The van der Waals surface area contributed by atoms with Crippen molar-refractivity contribution in [1.29, 1.82) is 0 Å². The van der Waals surface area contributed by atoms with Gasteiger partial charge in [-0.3, -0.25) is 4.79 Å². The number of ether oxygens (including phenoxy) is 3. The lowest BCUT2D eigenvalue weighted by atomic mass is 10.0. The number of hydrogen-bond acceptors (Lipinski definition) is 5. The van der Waals surface area contributed by atoms with Crippen molar-refractivity contribution in [3.63, 3.8) is 0 Å². The molecule has 1 fully saturated rings. The van der Waals surface area contributed by atoms with Gasteiger partial charge in [-0.25, -0.2) is 14.3 Å². The van der Waals surface area contributed by atoms with E-state index < -0.39 is 6.09 Å². The van der Waals surface area contributed by atoms with E-state index in [0.29, 0.717) is 19.6 Å². The number of rotatable bonds is 21. The van der Waals surface area contributed by atoms with E-state index in [4.69, 9.17) is 14.2 Å². The lowest BCUT2D eigenvalue weighted by molar-refractivity contribution is -0.701. The Bertz CT molecular complexity index is 803. The third-order valence-corrected chi connectivity index (χ3v) is 7.58. The third kappa shape index (κ3) is 14.3. The molecule has 2 rings (SSSR count). The van der Waals surface area contributed by atoms with Crippen molar-refractivity contribution in [3.05, 3.63) is 30.1 Å². The summed E-state index contributed by atoms with van der Waals surface area (Å²) in [5.74, 6) is -0.245. The van der Waals surface area contributed by atoms with Crippen molar-refractivity contribution in [2.45, 2.75) is 136 Å². The predicted molar refractivity (Wildman–Crippen MR) is 154 cm³/mol. The number of amides is 2. The van der Waals surface area contributed by atoms with Crippen LogP contribution in [0.4, 0.5) is 4.79 Å². The second-order valence-electron chi connectivity index (χ2n) is 11.0. The Morgan fingerprint density at radius 2 is 1.54 bits per heavy atom. The summed E-state index contributed by atoms with van der Waals surface area (Å²) >= 11 is 0. The summed E-state index contributed by atoms with van der Waals surface area (Å²) in [6.45, 7) is 8.08. The summed E-state index contributed by atoms with van der Waals surface area (Å²) in [6.07, 6.45) is 20.6. The summed E-state index contributed by atoms with van der Waals surface area (Å²) < 4.78 is 19.2. The van der Waals surface area contributed by atoms with E-state index in [0.717, 1.165) is 23.6 Å². The fourth-order valence-corrected chi connectivity index (χ4v) is 5.09. The van der Waals surface area contributed by atoms with Crippen LogP contribution in [0, 0.1) is 5.92 Å². The lowest BCUT2D eigenvalue weighted by Crippen LogP contribution is -2.43. The van der Waals surface area contributed by atoms with Crippen LogP contribution in [-0.4, -0.2) is 43.0 Å². The number of imide groups is 1. The van der Waals surface area contributed by atoms with Gasteiger partial charge in [0.15, 0.2) is 12.5 Å². The molecule has 1 aliphatic rings. The second-order valence-corrected chi connectivity index (χ2v) is 11.0. The number of aromatic nitrogens is 1. The first kappa shape index (κ1) is 33.2. The first-order valence-corrected chi connectivity index (χ1v) is 15.7. The molecule has 1 aromatic heterocycles. The molecule has 39 heavy (non-hydrogen) atoms. The molecule has 7 heteroatoms. The van der Waals surface area contributed by atoms with Crippen molar-refractivity contribution in [2.24, 2.45) is 5.92 Å². The Balaban J connectivity index is 1.48. The Kier molecular flexibility index (Phi) is 17.8. The highest BCUT2D eigenvalue weighted by Crippen LogP contribution is 2.22. The molecule has 7 nitrogen and oxygen atoms in total. The number of nitrogens with zero attached hydrogens (tertiary/aromatic N) is 2. The van der Waals surface area contributed by atoms with Crippen LogP contribution in [0.1, 0.15) is 123 Å². The quantitative estimate of drug-likeness (QED) is 0.119. The number of carbonyl (C=O) groups is 2. The van der Waals surface area contributed by atoms with Crippen LogP contribution in [-0.2, 0) is 32.1 Å². The molecule has 0 aromatic carbocycles. The van der Waals surface area contributed by atoms with E-state index in [1.54, 1.807) is 0 Å². The van der Waals surface area contributed by atoms with Crippen LogP contribution in [0.2, 0.25) is 0 Å². The van der Waals surface area contributed by atoms with E-state index in [-0.39, 0.29) is 31.3 Å². The zero-order valence-electron chi connectivity index (χ0n) is 25.0. The van der Waals surface area contributed by atoms with E-state index in [1.807, 2.05) is 35.9 Å². The average Bonchev–Trinajstić information content (AvgIpc) is 3.40. The van der Waals surface area contributed by atoms with Crippen LogP contribution < -0.4 is 4.57 Å². The zero-order chi connectivity index (χ0) is 28.1. The monoisotopic (exact) mass is 547 g/mol. The molecule has 1 saturated heterocycles. The molecule has 0 radical (unpaired) electrons. The largest absolute Gasteiger partial charge is 0.449 e. The molecule has 0 bridgehead atoms. The smallest absolute Gasteiger partial charge is 0.417 e. The number of unbranched alkanes of at least 4 members (excludes halogenated alkanes) is 13. The Hall–Kier alpha value is -1.99. The van der Waals surface area contributed by atoms with Crippen LogP contribution in [0.5, 0.6) is 0 Å². The third-order valence-electron chi connectivity index (χ3n) is 7.58. The van der Waals surface area contributed by atoms with Crippen molar-refractivity contribution in [1.82, 2.24) is 4.90 Å². The summed E-state index contributed by atoms with van der Waals surface area (Å²) in [5.41, 5.74) is 0.883. The van der Waals surface area contributed by atoms with E-state index >= 15 is 0 Å². The van der Waals surface area contributed by atoms with Crippen molar-refractivity contribution < 1.29 is 28.4 Å². The maximum Gasteiger partial charge on any atom is 0.417 e. The van der Waals surface area contributed by atoms with Gasteiger partial charge in [-0.1, -0.05) is 96.5 Å². The highest BCUT2D eigenvalue weighted by molar-refractivity contribution is 5.90. The number of hydrogen-bond donors (Lipinski definition) is 0. The fraction of sp³-hybridized carbons (Fsp3) is 0.781. The van der Waals surface area contributed by atoms with Crippen LogP contribution in [0.15, 0.2) is 24.4 Å². The number of aryl methyl sites for hydroxylation is 1. The standard InChI is InChI=1S/C32H55N2O5/c1-4-6-7-8-9-10-11-12-13-14-15-16-17-20-23-37-31-24-29(26-38-31)27-39-32(36)34(28(3)35)25-30-21-18-19-22-33(30)5-2/h18-19,21-22,29,31H,4-17,20,23-27H2,1-3H3/q+1. The summed E-state index contributed by atoms with van der Waals surface area (Å²) in [7, 11) is 0. The van der Waals surface area contributed by atoms with E-state index in [1.165, 1.54) is 90.4 Å². The van der Waals surface area contributed by atoms with Gasteiger partial charge in [-0.15, -0.1) is 0 Å². The Morgan fingerprint density at radius 1 is 0.923 bits per heavy atom. The molecular formula is C32H55N2O5+. The van der Waals surface area contributed by atoms with Gasteiger partial charge in [0, 0.05) is 38.0 Å². The number of pyridine rings is 1. The zero-order valence-corrected chi connectivity index (χ0v) is 25.0. The summed E-state index contributed by atoms with van der Waals surface area (Å²) in [6, 6.07) is 5.75. The molecule has 0 N–H and O–H groups in total. The lowest BCUT2D eigenvalue weighted by Gasteiger charge is -2.19. The van der Waals surface area contributed by atoms with Crippen LogP contribution >= 0.6 is 0 Å². The highest BCUT2D eigenvalue weighted by atomic mass is 16.7. The predicted octanol–water partition coefficient (Wildman–Crippen LogP) is 7.34. The van der Waals surface area contributed by atoms with Crippen molar-refractivity contribution >= 4 is 12.0 Å². The van der Waals surface area contributed by atoms with E-state index in [9.17, 15) is 9.59 Å². The first-order chi connectivity index (χ1) is 19.0.